The predicted octanol–water partition coefficient (Wildman–Crippen LogP) is 3.21. The number of carbonyl (C=O) groups excluding carboxylic acids is 2. The van der Waals surface area contributed by atoms with Crippen LogP contribution < -0.4 is 0 Å². The minimum Gasteiger partial charge on any atom is -0.341 e. The molecule has 0 unspecified atom stereocenters. The average Bonchev–Trinajstić information content (AvgIpc) is 3.12. The Bertz CT molecular complexity index is 646. The monoisotopic (exact) mass is 366 g/mol. The van der Waals surface area contributed by atoms with Crippen molar-refractivity contribution in [3.8, 4) is 0 Å². The number of thiophene rings is 1. The molecule has 3 heterocycles. The fraction of sp³-hybridized carbons (Fsp3) is 0.438. The predicted molar refractivity (Wildman–Crippen MR) is 99.2 cm³/mol. The maximum atomic E-state index is 12.5. The summed E-state index contributed by atoms with van der Waals surface area (Å²) in [5, 5.41) is 1.97. The van der Waals surface area contributed by atoms with E-state index in [0.717, 1.165) is 30.8 Å². The van der Waals surface area contributed by atoms with Crippen LogP contribution in [0.3, 0.4) is 0 Å². The molecule has 3 rings (SSSR count). The Kier molecular flexibility index (Phi) is 5.18. The third kappa shape index (κ3) is 3.84. The fourth-order valence-electron chi connectivity index (χ4n) is 2.63. The van der Waals surface area contributed by atoms with E-state index in [1.54, 1.807) is 11.3 Å². The van der Waals surface area contributed by atoms with Gasteiger partial charge >= 0.3 is 0 Å². The molecule has 1 aromatic heterocycles. The molecule has 4 nitrogen and oxygen atoms in total. The standard InChI is InChI=1S/C16H18N2O2S3/c1-11-4-6-17(7-5-11)14(19)10-18-15(20)13(23-16(18)21)9-12-3-2-8-22-12/h2-3,8-9,11H,4-7,10H2,1H3/b13-9+. The van der Waals surface area contributed by atoms with E-state index in [9.17, 15) is 9.59 Å². The van der Waals surface area contributed by atoms with E-state index >= 15 is 0 Å². The average molecular weight is 367 g/mol. The van der Waals surface area contributed by atoms with E-state index in [0.29, 0.717) is 15.1 Å². The number of thioether (sulfide) groups is 1. The van der Waals surface area contributed by atoms with Gasteiger partial charge in [-0.25, -0.2) is 0 Å². The number of thiocarbonyl (C=S) groups is 1. The third-order valence-corrected chi connectivity index (χ3v) is 6.32. The van der Waals surface area contributed by atoms with E-state index < -0.39 is 0 Å². The molecular formula is C16H18N2O2S3. The first-order valence-electron chi connectivity index (χ1n) is 7.61. The quantitative estimate of drug-likeness (QED) is 0.608. The molecule has 7 heteroatoms. The summed E-state index contributed by atoms with van der Waals surface area (Å²) in [6, 6.07) is 3.90. The first-order valence-corrected chi connectivity index (χ1v) is 9.71. The fourth-order valence-corrected chi connectivity index (χ4v) is 4.61. The number of amides is 2. The van der Waals surface area contributed by atoms with Gasteiger partial charge in [-0.05, 0) is 36.3 Å². The number of nitrogens with zero attached hydrogens (tertiary/aromatic N) is 2. The molecule has 122 valence electrons. The Morgan fingerprint density at radius 3 is 2.83 bits per heavy atom. The number of carbonyl (C=O) groups is 2. The zero-order valence-electron chi connectivity index (χ0n) is 12.9. The molecule has 2 amide bonds. The maximum absolute atomic E-state index is 12.5. The second-order valence-corrected chi connectivity index (χ2v) is 8.50. The highest BCUT2D eigenvalue weighted by molar-refractivity contribution is 8.26. The smallest absolute Gasteiger partial charge is 0.266 e. The Hall–Kier alpha value is -1.18. The molecule has 0 spiro atoms. The van der Waals surface area contributed by atoms with Gasteiger partial charge in [0.2, 0.25) is 5.91 Å². The van der Waals surface area contributed by atoms with Crippen molar-refractivity contribution in [1.82, 2.24) is 9.80 Å². The summed E-state index contributed by atoms with van der Waals surface area (Å²) in [5.41, 5.74) is 0. The molecule has 0 N–H and O–H groups in total. The van der Waals surface area contributed by atoms with E-state index in [1.807, 2.05) is 28.5 Å². The molecule has 0 atom stereocenters. The van der Waals surface area contributed by atoms with Crippen molar-refractivity contribution in [2.75, 3.05) is 19.6 Å². The number of piperidine rings is 1. The summed E-state index contributed by atoms with van der Waals surface area (Å²) in [5.74, 6) is 0.502. The molecule has 23 heavy (non-hydrogen) atoms. The largest absolute Gasteiger partial charge is 0.341 e. The lowest BCUT2D eigenvalue weighted by Crippen LogP contribution is -2.45. The van der Waals surface area contributed by atoms with Crippen LogP contribution in [0.25, 0.3) is 6.08 Å². The molecule has 0 bridgehead atoms. The summed E-state index contributed by atoms with van der Waals surface area (Å²) in [6.45, 7) is 3.82. The molecule has 0 radical (unpaired) electrons. The van der Waals surface area contributed by atoms with Crippen LogP contribution in [0.4, 0.5) is 0 Å². The van der Waals surface area contributed by atoms with Crippen molar-refractivity contribution in [3.63, 3.8) is 0 Å². The maximum Gasteiger partial charge on any atom is 0.266 e. The molecular weight excluding hydrogens is 348 g/mol. The zero-order chi connectivity index (χ0) is 16.4. The Morgan fingerprint density at radius 2 is 2.17 bits per heavy atom. The van der Waals surface area contributed by atoms with Crippen LogP contribution >= 0.6 is 35.3 Å². The van der Waals surface area contributed by atoms with Gasteiger partial charge in [0.15, 0.2) is 0 Å². The SMILES string of the molecule is CC1CCN(C(=O)CN2C(=O)/C(=C\c3cccs3)SC2=S)CC1. The zero-order valence-corrected chi connectivity index (χ0v) is 15.3. The summed E-state index contributed by atoms with van der Waals surface area (Å²) in [6.07, 6.45) is 3.90. The van der Waals surface area contributed by atoms with Crippen LogP contribution in [-0.4, -0.2) is 45.6 Å². The van der Waals surface area contributed by atoms with Crippen LogP contribution in [0.5, 0.6) is 0 Å². The van der Waals surface area contributed by atoms with Crippen molar-refractivity contribution >= 4 is 57.5 Å². The van der Waals surface area contributed by atoms with Gasteiger partial charge in [0.1, 0.15) is 10.9 Å². The number of hydrogen-bond acceptors (Lipinski definition) is 5. The highest BCUT2D eigenvalue weighted by Crippen LogP contribution is 2.33. The van der Waals surface area contributed by atoms with Crippen molar-refractivity contribution in [1.29, 1.82) is 0 Å². The molecule has 2 saturated heterocycles. The lowest BCUT2D eigenvalue weighted by atomic mass is 9.99. The number of rotatable bonds is 3. The molecule has 1 aromatic rings. The van der Waals surface area contributed by atoms with E-state index in [-0.39, 0.29) is 18.4 Å². The summed E-state index contributed by atoms with van der Waals surface area (Å²) in [4.78, 5) is 29.8. The number of likely N-dealkylation sites (tertiary alicyclic amines) is 1. The van der Waals surface area contributed by atoms with Gasteiger partial charge in [-0.15, -0.1) is 11.3 Å². The molecule has 0 saturated carbocycles. The van der Waals surface area contributed by atoms with Crippen molar-refractivity contribution in [2.45, 2.75) is 19.8 Å². The van der Waals surface area contributed by atoms with Gasteiger partial charge in [-0.2, -0.15) is 0 Å². The Morgan fingerprint density at radius 1 is 1.43 bits per heavy atom. The minimum absolute atomic E-state index is 0.00873. The van der Waals surface area contributed by atoms with E-state index in [2.05, 4.69) is 6.92 Å². The normalized spacial score (nSPS) is 21.5. The van der Waals surface area contributed by atoms with Gasteiger partial charge in [-0.3, -0.25) is 14.5 Å². The highest BCUT2D eigenvalue weighted by atomic mass is 32.2. The van der Waals surface area contributed by atoms with E-state index in [4.69, 9.17) is 12.2 Å². The summed E-state index contributed by atoms with van der Waals surface area (Å²) >= 11 is 8.13. The molecule has 0 aliphatic carbocycles. The summed E-state index contributed by atoms with van der Waals surface area (Å²) < 4.78 is 0.469. The lowest BCUT2D eigenvalue weighted by Gasteiger charge is -2.31. The van der Waals surface area contributed by atoms with Crippen LogP contribution in [0, 0.1) is 5.92 Å². The van der Waals surface area contributed by atoms with Crippen LogP contribution in [-0.2, 0) is 9.59 Å². The van der Waals surface area contributed by atoms with Gasteiger partial charge < -0.3 is 4.90 Å². The van der Waals surface area contributed by atoms with Gasteiger partial charge in [-0.1, -0.05) is 37.0 Å². The lowest BCUT2D eigenvalue weighted by molar-refractivity contribution is -0.136. The van der Waals surface area contributed by atoms with Gasteiger partial charge in [0.05, 0.1) is 4.91 Å². The highest BCUT2D eigenvalue weighted by Gasteiger charge is 2.34. The summed E-state index contributed by atoms with van der Waals surface area (Å²) in [7, 11) is 0. The number of hydrogen-bond donors (Lipinski definition) is 0. The third-order valence-electron chi connectivity index (χ3n) is 4.12. The second kappa shape index (κ2) is 7.15. The van der Waals surface area contributed by atoms with Crippen LogP contribution in [0.15, 0.2) is 22.4 Å². The minimum atomic E-state index is -0.160. The van der Waals surface area contributed by atoms with Crippen molar-refractivity contribution < 1.29 is 9.59 Å². The molecule has 2 aliphatic heterocycles. The first kappa shape index (κ1) is 16.7. The topological polar surface area (TPSA) is 40.6 Å². The molecule has 0 aromatic carbocycles. The Labute approximate surface area is 149 Å². The first-order chi connectivity index (χ1) is 11.0. The van der Waals surface area contributed by atoms with E-state index in [1.165, 1.54) is 16.7 Å². The van der Waals surface area contributed by atoms with Gasteiger partial charge in [0.25, 0.3) is 5.91 Å². The van der Waals surface area contributed by atoms with Crippen LogP contribution in [0.1, 0.15) is 24.6 Å². The molecule has 2 aliphatic rings. The van der Waals surface area contributed by atoms with Crippen molar-refractivity contribution in [3.05, 3.63) is 27.3 Å². The molecule has 2 fully saturated rings. The Balaban J connectivity index is 1.65. The van der Waals surface area contributed by atoms with Gasteiger partial charge in [0, 0.05) is 18.0 Å². The second-order valence-electron chi connectivity index (χ2n) is 5.85. The van der Waals surface area contributed by atoms with Crippen LogP contribution in [0.2, 0.25) is 0 Å². The van der Waals surface area contributed by atoms with Crippen molar-refractivity contribution in [2.24, 2.45) is 5.92 Å².